The van der Waals surface area contributed by atoms with E-state index in [9.17, 15) is 9.59 Å². The predicted molar refractivity (Wildman–Crippen MR) is 98.1 cm³/mol. The van der Waals surface area contributed by atoms with E-state index in [2.05, 4.69) is 4.98 Å². The molecule has 1 atom stereocenters. The number of hydrogen-bond donors (Lipinski definition) is 1. The van der Waals surface area contributed by atoms with Gasteiger partial charge in [0, 0.05) is 11.3 Å². The molecular formula is C19H17N3O2S. The van der Waals surface area contributed by atoms with E-state index in [0.717, 1.165) is 27.4 Å². The summed E-state index contributed by atoms with van der Waals surface area (Å²) >= 11 is 1.32. The number of thioether (sulfide) groups is 1. The molecule has 0 radical (unpaired) electrons. The highest BCUT2D eigenvalue weighted by atomic mass is 32.2. The topological polar surface area (TPSA) is 76.3 Å². The molecule has 5 nitrogen and oxygen atoms in total. The molecule has 1 fully saturated rings. The quantitative estimate of drug-likeness (QED) is 0.800. The second kappa shape index (κ2) is 5.46. The van der Waals surface area contributed by atoms with E-state index in [0.29, 0.717) is 17.0 Å². The fraction of sp³-hybridized carbons (Fsp3) is 0.211. The fourth-order valence-electron chi connectivity index (χ4n) is 3.32. The number of imide groups is 1. The smallest absolute Gasteiger partial charge is 0.264 e. The highest BCUT2D eigenvalue weighted by Crippen LogP contribution is 2.46. The molecule has 1 saturated heterocycles. The fourth-order valence-corrected chi connectivity index (χ4v) is 4.67. The van der Waals surface area contributed by atoms with Gasteiger partial charge in [-0.05, 0) is 44.0 Å². The van der Waals surface area contributed by atoms with Crippen LogP contribution in [0.3, 0.4) is 0 Å². The number of fused-ring (bicyclic) bond motifs is 2. The third kappa shape index (κ3) is 2.14. The lowest BCUT2D eigenvalue weighted by Crippen LogP contribution is -2.31. The van der Waals surface area contributed by atoms with E-state index in [1.54, 1.807) is 24.3 Å². The summed E-state index contributed by atoms with van der Waals surface area (Å²) in [6.45, 7) is 5.91. The number of nitrogens with two attached hydrogens (primary N) is 1. The van der Waals surface area contributed by atoms with Crippen LogP contribution in [0.1, 0.15) is 22.4 Å². The van der Waals surface area contributed by atoms with E-state index in [1.165, 1.54) is 16.7 Å². The van der Waals surface area contributed by atoms with E-state index >= 15 is 0 Å². The second-order valence-electron chi connectivity index (χ2n) is 6.27. The summed E-state index contributed by atoms with van der Waals surface area (Å²) < 4.78 is 0. The Kier molecular flexibility index (Phi) is 3.47. The zero-order valence-electron chi connectivity index (χ0n) is 14.2. The van der Waals surface area contributed by atoms with Gasteiger partial charge in [-0.2, -0.15) is 0 Å². The Balaban J connectivity index is 1.90. The molecule has 2 aliphatic rings. The Bertz CT molecular complexity index is 966. The molecule has 0 aliphatic carbocycles. The number of aryl methyl sites for hydroxylation is 1. The van der Waals surface area contributed by atoms with Crippen molar-refractivity contribution in [2.45, 2.75) is 31.0 Å². The van der Waals surface area contributed by atoms with Crippen molar-refractivity contribution < 1.29 is 9.59 Å². The Morgan fingerprint density at radius 3 is 2.44 bits per heavy atom. The average Bonchev–Trinajstić information content (AvgIpc) is 2.84. The summed E-state index contributed by atoms with van der Waals surface area (Å²) in [6.07, 6.45) is 0. The molecular weight excluding hydrogens is 334 g/mol. The lowest BCUT2D eigenvalue weighted by molar-refractivity contribution is -0.120. The van der Waals surface area contributed by atoms with Gasteiger partial charge in [-0.25, -0.2) is 9.88 Å². The minimum Gasteiger partial charge on any atom is -0.398 e. The normalized spacial score (nSPS) is 19.3. The molecule has 25 heavy (non-hydrogen) atoms. The number of carbonyl (C=O) groups is 2. The summed E-state index contributed by atoms with van der Waals surface area (Å²) in [7, 11) is 0. The molecule has 0 spiro atoms. The first-order chi connectivity index (χ1) is 11.9. The number of hydrogen-bond acceptors (Lipinski definition) is 5. The third-order valence-electron chi connectivity index (χ3n) is 4.91. The van der Waals surface area contributed by atoms with Crippen LogP contribution in [0.25, 0.3) is 5.70 Å². The Morgan fingerprint density at radius 1 is 1.08 bits per heavy atom. The van der Waals surface area contributed by atoms with Crippen LogP contribution >= 0.6 is 11.8 Å². The van der Waals surface area contributed by atoms with Gasteiger partial charge in [0.15, 0.2) is 0 Å². The molecule has 0 unspecified atom stereocenters. The van der Waals surface area contributed by atoms with Crippen LogP contribution in [0.2, 0.25) is 0 Å². The Morgan fingerprint density at radius 2 is 1.76 bits per heavy atom. The zero-order chi connectivity index (χ0) is 17.9. The van der Waals surface area contributed by atoms with Crippen molar-refractivity contribution in [2.24, 2.45) is 5.73 Å². The van der Waals surface area contributed by atoms with Crippen LogP contribution in [0.5, 0.6) is 0 Å². The molecule has 0 bridgehead atoms. The van der Waals surface area contributed by atoms with E-state index in [1.807, 2.05) is 26.8 Å². The van der Waals surface area contributed by atoms with Crippen molar-refractivity contribution in [1.82, 2.24) is 4.98 Å². The molecule has 0 saturated carbocycles. The Labute approximate surface area is 149 Å². The van der Waals surface area contributed by atoms with Gasteiger partial charge < -0.3 is 5.73 Å². The number of nitrogens with zero attached hydrogens (tertiary/aromatic N) is 2. The number of anilines is 1. The lowest BCUT2D eigenvalue weighted by atomic mass is 9.98. The molecule has 1 aromatic heterocycles. The number of aromatic nitrogens is 1. The first kappa shape index (κ1) is 15.9. The van der Waals surface area contributed by atoms with Crippen molar-refractivity contribution >= 4 is 35.0 Å². The number of amides is 2. The van der Waals surface area contributed by atoms with Crippen LogP contribution < -0.4 is 10.6 Å². The van der Waals surface area contributed by atoms with Gasteiger partial charge in [-0.1, -0.05) is 30.0 Å². The summed E-state index contributed by atoms with van der Waals surface area (Å²) in [5.74, 6) is -0.600. The maximum Gasteiger partial charge on any atom is 0.264 e. The molecule has 3 heterocycles. The van der Waals surface area contributed by atoms with Gasteiger partial charge in [0.25, 0.3) is 11.8 Å². The van der Waals surface area contributed by atoms with Crippen molar-refractivity contribution in [3.05, 3.63) is 58.3 Å². The summed E-state index contributed by atoms with van der Waals surface area (Å²) in [4.78, 5) is 31.7. The number of pyridine rings is 1. The van der Waals surface area contributed by atoms with Crippen LogP contribution in [0.15, 0.2) is 40.9 Å². The average molecular weight is 351 g/mol. The summed E-state index contributed by atoms with van der Waals surface area (Å²) in [5, 5.41) is 0.0946. The van der Waals surface area contributed by atoms with Crippen molar-refractivity contribution in [3.8, 4) is 0 Å². The molecule has 2 aromatic rings. The predicted octanol–water partition coefficient (Wildman–Crippen LogP) is 2.72. The largest absolute Gasteiger partial charge is 0.398 e. The molecule has 2 amide bonds. The SMILES string of the molecule is Cc1nc2c(c(C)c1C)C(N)=C1C(=O)N(c3ccccc3)C(=O)[C@H]1S2. The first-order valence-electron chi connectivity index (χ1n) is 7.99. The van der Waals surface area contributed by atoms with E-state index < -0.39 is 5.25 Å². The maximum atomic E-state index is 13.0. The molecule has 6 heteroatoms. The number of rotatable bonds is 1. The van der Waals surface area contributed by atoms with E-state index in [4.69, 9.17) is 5.73 Å². The molecule has 2 N–H and O–H groups in total. The van der Waals surface area contributed by atoms with Crippen LogP contribution in [-0.4, -0.2) is 22.0 Å². The molecule has 126 valence electrons. The highest BCUT2D eigenvalue weighted by molar-refractivity contribution is 8.01. The third-order valence-corrected chi connectivity index (χ3v) is 6.10. The minimum atomic E-state index is -0.630. The highest BCUT2D eigenvalue weighted by Gasteiger charge is 2.49. The van der Waals surface area contributed by atoms with Gasteiger partial charge in [-0.3, -0.25) is 9.59 Å². The standard InChI is InChI=1S/C19H17N3O2S/c1-9-10(2)13-15(20)14-16(25-17(13)21-11(9)3)19(24)22(18(14)23)12-7-5-4-6-8-12/h4-8,16H,20H2,1-3H3/t16-/m0/s1. The second-order valence-corrected chi connectivity index (χ2v) is 7.36. The van der Waals surface area contributed by atoms with Gasteiger partial charge in [0.2, 0.25) is 0 Å². The van der Waals surface area contributed by atoms with Crippen LogP contribution in [0.4, 0.5) is 5.69 Å². The monoisotopic (exact) mass is 351 g/mol. The zero-order valence-corrected chi connectivity index (χ0v) is 15.0. The lowest BCUT2D eigenvalue weighted by Gasteiger charge is -2.23. The Hall–Kier alpha value is -2.60. The summed E-state index contributed by atoms with van der Waals surface area (Å²) in [5.41, 5.74) is 11.5. The van der Waals surface area contributed by atoms with Crippen LogP contribution in [-0.2, 0) is 9.59 Å². The number of benzene rings is 1. The molecule has 4 rings (SSSR count). The maximum absolute atomic E-state index is 13.0. The first-order valence-corrected chi connectivity index (χ1v) is 8.87. The van der Waals surface area contributed by atoms with Crippen molar-refractivity contribution in [2.75, 3.05) is 4.90 Å². The minimum absolute atomic E-state index is 0.262. The van der Waals surface area contributed by atoms with Crippen molar-refractivity contribution in [3.63, 3.8) is 0 Å². The summed E-state index contributed by atoms with van der Waals surface area (Å²) in [6, 6.07) is 8.95. The molecule has 1 aromatic carbocycles. The number of carbonyl (C=O) groups excluding carboxylic acids is 2. The van der Waals surface area contributed by atoms with Gasteiger partial charge in [0.05, 0.1) is 17.0 Å². The number of para-hydroxylation sites is 1. The van der Waals surface area contributed by atoms with E-state index in [-0.39, 0.29) is 11.8 Å². The van der Waals surface area contributed by atoms with Crippen molar-refractivity contribution in [1.29, 1.82) is 0 Å². The van der Waals surface area contributed by atoms with Gasteiger partial charge >= 0.3 is 0 Å². The van der Waals surface area contributed by atoms with Crippen LogP contribution in [0, 0.1) is 20.8 Å². The van der Waals surface area contributed by atoms with Gasteiger partial charge in [-0.15, -0.1) is 0 Å². The van der Waals surface area contributed by atoms with Gasteiger partial charge in [0.1, 0.15) is 10.3 Å². The molecule has 2 aliphatic heterocycles.